The van der Waals surface area contributed by atoms with Crippen LogP contribution < -0.4 is 10.1 Å². The molecule has 112 valence electrons. The molecule has 0 aliphatic heterocycles. The molecule has 0 aromatic heterocycles. The third-order valence-electron chi connectivity index (χ3n) is 3.62. The first kappa shape index (κ1) is 15.5. The highest BCUT2D eigenvalue weighted by Crippen LogP contribution is 2.28. The Morgan fingerprint density at radius 2 is 1.90 bits per heavy atom. The molecule has 1 unspecified atom stereocenters. The van der Waals surface area contributed by atoms with Gasteiger partial charge >= 0.3 is 0 Å². The van der Waals surface area contributed by atoms with E-state index in [2.05, 4.69) is 25.2 Å². The largest absolute Gasteiger partial charge is 0.497 e. The molecule has 2 rings (SSSR count). The van der Waals surface area contributed by atoms with Gasteiger partial charge in [-0.1, -0.05) is 37.3 Å². The van der Waals surface area contributed by atoms with Crippen molar-refractivity contribution in [1.29, 1.82) is 0 Å². The molecule has 2 aromatic carbocycles. The summed E-state index contributed by atoms with van der Waals surface area (Å²) in [4.78, 5) is 0. The molecule has 0 aliphatic carbocycles. The number of benzene rings is 2. The van der Waals surface area contributed by atoms with Crippen LogP contribution in [0.1, 0.15) is 36.1 Å². The van der Waals surface area contributed by atoms with Gasteiger partial charge in [0.2, 0.25) is 0 Å². The van der Waals surface area contributed by atoms with E-state index in [0.29, 0.717) is 11.3 Å². The molecular formula is C18H22FNO. The Morgan fingerprint density at radius 1 is 1.14 bits per heavy atom. The van der Waals surface area contributed by atoms with Gasteiger partial charge < -0.3 is 10.1 Å². The van der Waals surface area contributed by atoms with Crippen LogP contribution in [0.5, 0.6) is 5.75 Å². The molecule has 2 aromatic rings. The van der Waals surface area contributed by atoms with E-state index in [1.165, 1.54) is 6.07 Å². The van der Waals surface area contributed by atoms with Crippen molar-refractivity contribution in [2.75, 3.05) is 13.7 Å². The molecular weight excluding hydrogens is 265 g/mol. The second-order valence-corrected chi connectivity index (χ2v) is 5.13. The highest BCUT2D eigenvalue weighted by molar-refractivity contribution is 5.39. The fraction of sp³-hybridized carbons (Fsp3) is 0.333. The maximum absolute atomic E-state index is 14.4. The maximum Gasteiger partial charge on any atom is 0.132 e. The van der Waals surface area contributed by atoms with E-state index in [4.69, 9.17) is 4.74 Å². The molecule has 0 saturated carbocycles. The summed E-state index contributed by atoms with van der Waals surface area (Å²) in [7, 11) is 1.54. The molecule has 1 atom stereocenters. The van der Waals surface area contributed by atoms with Gasteiger partial charge in [0.05, 0.1) is 13.2 Å². The van der Waals surface area contributed by atoms with Crippen LogP contribution in [0.4, 0.5) is 4.39 Å². The summed E-state index contributed by atoms with van der Waals surface area (Å²) in [5, 5.41) is 3.44. The van der Waals surface area contributed by atoms with Gasteiger partial charge in [-0.3, -0.25) is 0 Å². The van der Waals surface area contributed by atoms with Crippen LogP contribution in [0.15, 0.2) is 42.5 Å². The number of rotatable bonds is 6. The fourth-order valence-corrected chi connectivity index (χ4v) is 2.46. The average molecular weight is 287 g/mol. The van der Waals surface area contributed by atoms with Crippen LogP contribution in [0.3, 0.4) is 0 Å². The summed E-state index contributed by atoms with van der Waals surface area (Å²) in [5.41, 5.74) is 2.91. The minimum absolute atomic E-state index is 0.142. The molecule has 3 heteroatoms. The quantitative estimate of drug-likeness (QED) is 0.858. The van der Waals surface area contributed by atoms with E-state index in [9.17, 15) is 4.39 Å². The average Bonchev–Trinajstić information content (AvgIpc) is 2.50. The number of methoxy groups -OCH3 is 1. The van der Waals surface area contributed by atoms with E-state index in [1.54, 1.807) is 19.2 Å². The number of hydrogen-bond donors (Lipinski definition) is 1. The van der Waals surface area contributed by atoms with Crippen LogP contribution in [0, 0.1) is 12.7 Å². The monoisotopic (exact) mass is 287 g/mol. The van der Waals surface area contributed by atoms with E-state index >= 15 is 0 Å². The lowest BCUT2D eigenvalue weighted by Crippen LogP contribution is -2.24. The number of ether oxygens (including phenoxy) is 1. The van der Waals surface area contributed by atoms with Gasteiger partial charge in [0.15, 0.2) is 0 Å². The Bertz CT molecular complexity index is 598. The van der Waals surface area contributed by atoms with Crippen molar-refractivity contribution in [3.8, 4) is 5.75 Å². The standard InChI is InChI=1S/C18H22FNO/c1-4-11-20-18(15-8-6-5-7-13(15)2)16-10-9-14(21-3)12-17(16)19/h5-10,12,18,20H,4,11H2,1-3H3. The molecule has 0 aliphatic rings. The lowest BCUT2D eigenvalue weighted by Gasteiger charge is -2.22. The van der Waals surface area contributed by atoms with Crippen molar-refractivity contribution < 1.29 is 9.13 Å². The van der Waals surface area contributed by atoms with Gasteiger partial charge in [0.25, 0.3) is 0 Å². The van der Waals surface area contributed by atoms with Gasteiger partial charge in [-0.15, -0.1) is 0 Å². The topological polar surface area (TPSA) is 21.3 Å². The zero-order chi connectivity index (χ0) is 15.2. The summed E-state index contributed by atoms with van der Waals surface area (Å²) in [5.74, 6) is 0.293. The number of hydrogen-bond acceptors (Lipinski definition) is 2. The van der Waals surface area contributed by atoms with Crippen LogP contribution >= 0.6 is 0 Å². The van der Waals surface area contributed by atoms with Crippen molar-refractivity contribution in [3.63, 3.8) is 0 Å². The predicted molar refractivity (Wildman–Crippen MR) is 84.3 cm³/mol. The third-order valence-corrected chi connectivity index (χ3v) is 3.62. The first-order valence-corrected chi connectivity index (χ1v) is 7.29. The molecule has 0 fully saturated rings. The number of aryl methyl sites for hydroxylation is 1. The van der Waals surface area contributed by atoms with Gasteiger partial charge in [0, 0.05) is 11.6 Å². The molecule has 0 saturated heterocycles. The van der Waals surface area contributed by atoms with E-state index in [1.807, 2.05) is 18.2 Å². The van der Waals surface area contributed by atoms with Gasteiger partial charge in [-0.2, -0.15) is 0 Å². The first-order chi connectivity index (χ1) is 10.2. The zero-order valence-corrected chi connectivity index (χ0v) is 12.8. The highest BCUT2D eigenvalue weighted by atomic mass is 19.1. The van der Waals surface area contributed by atoms with Gasteiger partial charge in [-0.05, 0) is 37.1 Å². The Morgan fingerprint density at radius 3 is 2.52 bits per heavy atom. The Hall–Kier alpha value is -1.87. The van der Waals surface area contributed by atoms with E-state index < -0.39 is 0 Å². The summed E-state index contributed by atoms with van der Waals surface area (Å²) >= 11 is 0. The van der Waals surface area contributed by atoms with Crippen LogP contribution in [0.25, 0.3) is 0 Å². The normalized spacial score (nSPS) is 12.2. The van der Waals surface area contributed by atoms with Crippen molar-refractivity contribution in [1.82, 2.24) is 5.32 Å². The molecule has 0 radical (unpaired) electrons. The molecule has 0 heterocycles. The highest BCUT2D eigenvalue weighted by Gasteiger charge is 2.19. The number of nitrogens with one attached hydrogen (secondary N) is 1. The predicted octanol–water partition coefficient (Wildman–Crippen LogP) is 4.23. The Balaban J connectivity index is 2.43. The van der Waals surface area contributed by atoms with E-state index in [0.717, 1.165) is 24.1 Å². The van der Waals surface area contributed by atoms with Gasteiger partial charge in [-0.25, -0.2) is 4.39 Å². The summed E-state index contributed by atoms with van der Waals surface area (Å²) < 4.78 is 19.5. The molecule has 0 bridgehead atoms. The SMILES string of the molecule is CCCNC(c1ccccc1C)c1ccc(OC)cc1F. The minimum Gasteiger partial charge on any atom is -0.497 e. The smallest absolute Gasteiger partial charge is 0.132 e. The van der Waals surface area contributed by atoms with Crippen LogP contribution in [-0.4, -0.2) is 13.7 Å². The molecule has 21 heavy (non-hydrogen) atoms. The number of halogens is 1. The summed E-state index contributed by atoms with van der Waals surface area (Å²) in [6.45, 7) is 4.99. The summed E-state index contributed by atoms with van der Waals surface area (Å²) in [6, 6.07) is 13.0. The minimum atomic E-state index is -0.244. The molecule has 0 spiro atoms. The molecule has 2 nitrogen and oxygen atoms in total. The van der Waals surface area contributed by atoms with Crippen LogP contribution in [0.2, 0.25) is 0 Å². The van der Waals surface area contributed by atoms with E-state index in [-0.39, 0.29) is 11.9 Å². The maximum atomic E-state index is 14.4. The Kier molecular flexibility index (Phi) is 5.34. The molecule has 0 amide bonds. The zero-order valence-electron chi connectivity index (χ0n) is 12.8. The third kappa shape index (κ3) is 3.61. The second kappa shape index (κ2) is 7.23. The van der Waals surface area contributed by atoms with Crippen molar-refractivity contribution in [2.45, 2.75) is 26.3 Å². The van der Waals surface area contributed by atoms with Crippen molar-refractivity contribution in [2.24, 2.45) is 0 Å². The molecule has 1 N–H and O–H groups in total. The van der Waals surface area contributed by atoms with Crippen molar-refractivity contribution >= 4 is 0 Å². The lowest BCUT2D eigenvalue weighted by atomic mass is 9.94. The second-order valence-electron chi connectivity index (χ2n) is 5.13. The van der Waals surface area contributed by atoms with Crippen molar-refractivity contribution in [3.05, 3.63) is 65.0 Å². The fourth-order valence-electron chi connectivity index (χ4n) is 2.46. The first-order valence-electron chi connectivity index (χ1n) is 7.29. The Labute approximate surface area is 126 Å². The van der Waals surface area contributed by atoms with Gasteiger partial charge in [0.1, 0.15) is 11.6 Å². The van der Waals surface area contributed by atoms with Crippen LogP contribution in [-0.2, 0) is 0 Å². The summed E-state index contributed by atoms with van der Waals surface area (Å²) in [6.07, 6.45) is 1.00. The lowest BCUT2D eigenvalue weighted by molar-refractivity contribution is 0.410.